The summed E-state index contributed by atoms with van der Waals surface area (Å²) in [5, 5.41) is 3.60. The van der Waals surface area contributed by atoms with Gasteiger partial charge < -0.3 is 20.7 Å². The SMILES string of the molecule is CCOC(=O)C1CC2C/C(=C/C/C(=N/N)NN)CCC2CN1C(=O)OC(C)(C)C. The number of likely N-dealkylation sites (tertiary alicyclic amines) is 1. The number of amidine groups is 1. The Balaban J connectivity index is 2.13. The number of nitrogens with zero attached hydrogens (tertiary/aromatic N) is 2. The molecule has 1 aliphatic heterocycles. The van der Waals surface area contributed by atoms with Gasteiger partial charge in [0.15, 0.2) is 0 Å². The zero-order chi connectivity index (χ0) is 21.6. The van der Waals surface area contributed by atoms with Crippen molar-refractivity contribution in [1.29, 1.82) is 0 Å². The number of carbonyl (C=O) groups excluding carboxylic acids is 2. The minimum Gasteiger partial charge on any atom is -0.464 e. The number of hydrogen-bond donors (Lipinski definition) is 3. The van der Waals surface area contributed by atoms with E-state index >= 15 is 0 Å². The number of nitrogens with one attached hydrogen (secondary N) is 1. The molecule has 164 valence electrons. The van der Waals surface area contributed by atoms with Crippen molar-refractivity contribution in [3.05, 3.63) is 11.6 Å². The maximum Gasteiger partial charge on any atom is 0.411 e. The fraction of sp³-hybridized carbons (Fsp3) is 0.750. The first-order valence-electron chi connectivity index (χ1n) is 10.3. The van der Waals surface area contributed by atoms with Crippen LogP contribution in [0.4, 0.5) is 4.79 Å². The number of nitrogens with two attached hydrogens (primary N) is 2. The zero-order valence-electron chi connectivity index (χ0n) is 17.9. The number of hydrazone groups is 1. The first-order valence-corrected chi connectivity index (χ1v) is 10.3. The van der Waals surface area contributed by atoms with Gasteiger partial charge in [0.1, 0.15) is 17.5 Å². The summed E-state index contributed by atoms with van der Waals surface area (Å²) in [6.07, 6.45) is 5.55. The maximum atomic E-state index is 12.8. The molecular formula is C20H35N5O4. The summed E-state index contributed by atoms with van der Waals surface area (Å²) < 4.78 is 10.8. The van der Waals surface area contributed by atoms with Gasteiger partial charge >= 0.3 is 12.1 Å². The average Bonchev–Trinajstić information content (AvgIpc) is 2.66. The van der Waals surface area contributed by atoms with E-state index in [1.54, 1.807) is 11.8 Å². The summed E-state index contributed by atoms with van der Waals surface area (Å²) in [7, 11) is 0. The van der Waals surface area contributed by atoms with E-state index in [1.165, 1.54) is 5.57 Å². The Morgan fingerprint density at radius 3 is 2.66 bits per heavy atom. The van der Waals surface area contributed by atoms with Crippen molar-refractivity contribution in [2.24, 2.45) is 28.6 Å². The van der Waals surface area contributed by atoms with Gasteiger partial charge in [0.05, 0.1) is 6.61 Å². The zero-order valence-corrected chi connectivity index (χ0v) is 17.9. The van der Waals surface area contributed by atoms with Crippen LogP contribution >= 0.6 is 0 Å². The van der Waals surface area contributed by atoms with Gasteiger partial charge in [-0.15, -0.1) is 0 Å². The van der Waals surface area contributed by atoms with Crippen LogP contribution in [0, 0.1) is 11.8 Å². The highest BCUT2D eigenvalue weighted by Crippen LogP contribution is 2.41. The summed E-state index contributed by atoms with van der Waals surface area (Å²) in [6.45, 7) is 8.03. The molecular weight excluding hydrogens is 374 g/mol. The first kappa shape index (κ1) is 23.0. The molecule has 29 heavy (non-hydrogen) atoms. The standard InChI is InChI=1S/C20H35N5O4/c1-5-28-18(26)16-11-15-10-13(7-9-17(23-21)24-22)6-8-14(15)12-25(16)19(27)29-20(2,3)4/h7,14-16H,5-6,8-12,21-22H2,1-4H3,(H,23,24)/b13-7+. The first-order chi connectivity index (χ1) is 13.7. The maximum absolute atomic E-state index is 12.8. The van der Waals surface area contributed by atoms with Crippen LogP contribution in [0.15, 0.2) is 16.8 Å². The normalized spacial score (nSPS) is 26.7. The Bertz CT molecular complexity index is 656. The third-order valence-electron chi connectivity index (χ3n) is 5.45. The van der Waals surface area contributed by atoms with Gasteiger partial charge in [-0.1, -0.05) is 11.6 Å². The highest BCUT2D eigenvalue weighted by atomic mass is 16.6. The van der Waals surface area contributed by atoms with Crippen LogP contribution in [0.25, 0.3) is 0 Å². The second-order valence-corrected chi connectivity index (χ2v) is 8.69. The third-order valence-corrected chi connectivity index (χ3v) is 5.45. The molecule has 1 saturated carbocycles. The van der Waals surface area contributed by atoms with Crippen molar-refractivity contribution in [2.45, 2.75) is 71.4 Å². The van der Waals surface area contributed by atoms with Crippen LogP contribution in [-0.2, 0) is 14.3 Å². The van der Waals surface area contributed by atoms with Crippen LogP contribution in [-0.4, -0.2) is 47.6 Å². The van der Waals surface area contributed by atoms with Crippen LogP contribution < -0.4 is 17.1 Å². The average molecular weight is 410 g/mol. The Morgan fingerprint density at radius 1 is 1.34 bits per heavy atom. The molecule has 1 aliphatic carbocycles. The minimum atomic E-state index is -0.616. The highest BCUT2D eigenvalue weighted by molar-refractivity contribution is 5.83. The topological polar surface area (TPSA) is 132 Å². The number of carbonyl (C=O) groups is 2. The lowest BCUT2D eigenvalue weighted by atomic mass is 9.71. The molecule has 1 saturated heterocycles. The number of piperidine rings is 1. The van der Waals surface area contributed by atoms with Crippen molar-refractivity contribution in [3.63, 3.8) is 0 Å². The lowest BCUT2D eigenvalue weighted by Crippen LogP contribution is -2.55. The summed E-state index contributed by atoms with van der Waals surface area (Å²) in [5.41, 5.74) is 3.17. The molecule has 3 atom stereocenters. The molecule has 0 bridgehead atoms. The van der Waals surface area contributed by atoms with Gasteiger partial charge in [0.2, 0.25) is 0 Å². The van der Waals surface area contributed by atoms with Crippen LogP contribution in [0.1, 0.15) is 59.8 Å². The number of fused-ring (bicyclic) bond motifs is 1. The Labute approximate surface area is 172 Å². The molecule has 0 aromatic heterocycles. The Kier molecular flexibility index (Phi) is 7.89. The number of ether oxygens (including phenoxy) is 2. The fourth-order valence-corrected chi connectivity index (χ4v) is 4.08. The van der Waals surface area contributed by atoms with E-state index in [0.717, 1.165) is 19.3 Å². The molecule has 1 heterocycles. The highest BCUT2D eigenvalue weighted by Gasteiger charge is 2.44. The van der Waals surface area contributed by atoms with E-state index in [2.05, 4.69) is 16.6 Å². The molecule has 1 amide bonds. The van der Waals surface area contributed by atoms with Crippen LogP contribution in [0.2, 0.25) is 0 Å². The second kappa shape index (κ2) is 9.96. The summed E-state index contributed by atoms with van der Waals surface area (Å²) in [4.78, 5) is 26.9. The van der Waals surface area contributed by atoms with Gasteiger partial charge in [-0.25, -0.2) is 15.4 Å². The second-order valence-electron chi connectivity index (χ2n) is 8.69. The molecule has 2 fully saturated rings. The molecule has 3 unspecified atom stereocenters. The van der Waals surface area contributed by atoms with E-state index in [-0.39, 0.29) is 12.6 Å². The van der Waals surface area contributed by atoms with Crippen LogP contribution in [0.3, 0.4) is 0 Å². The van der Waals surface area contributed by atoms with Gasteiger partial charge in [-0.3, -0.25) is 4.90 Å². The predicted molar refractivity (Wildman–Crippen MR) is 110 cm³/mol. The van der Waals surface area contributed by atoms with Crippen molar-refractivity contribution in [2.75, 3.05) is 13.2 Å². The number of amides is 1. The summed E-state index contributed by atoms with van der Waals surface area (Å²) in [5.74, 6) is 11.5. The van der Waals surface area contributed by atoms with Crippen LogP contribution in [0.5, 0.6) is 0 Å². The molecule has 0 radical (unpaired) electrons. The number of esters is 1. The molecule has 0 aromatic rings. The van der Waals surface area contributed by atoms with E-state index in [9.17, 15) is 9.59 Å². The predicted octanol–water partition coefficient (Wildman–Crippen LogP) is 2.03. The smallest absolute Gasteiger partial charge is 0.411 e. The lowest BCUT2D eigenvalue weighted by Gasteiger charge is -2.45. The van der Waals surface area contributed by atoms with E-state index < -0.39 is 17.7 Å². The molecule has 0 aromatic carbocycles. The monoisotopic (exact) mass is 409 g/mol. The Hall–Kier alpha value is -2.29. The number of hydrogen-bond acceptors (Lipinski definition) is 7. The molecule has 5 N–H and O–H groups in total. The molecule has 0 spiro atoms. The van der Waals surface area contributed by atoms with Crippen molar-refractivity contribution in [1.82, 2.24) is 10.3 Å². The summed E-state index contributed by atoms with van der Waals surface area (Å²) >= 11 is 0. The van der Waals surface area contributed by atoms with Crippen molar-refractivity contribution in [3.8, 4) is 0 Å². The summed E-state index contributed by atoms with van der Waals surface area (Å²) in [6, 6.07) is -0.614. The van der Waals surface area contributed by atoms with E-state index in [4.69, 9.17) is 21.2 Å². The van der Waals surface area contributed by atoms with Gasteiger partial charge in [0, 0.05) is 13.0 Å². The lowest BCUT2D eigenvalue weighted by molar-refractivity contribution is -0.152. The number of allylic oxidation sites excluding steroid dienone is 1. The quantitative estimate of drug-likeness (QED) is 0.162. The largest absolute Gasteiger partial charge is 0.464 e. The molecule has 2 aliphatic rings. The van der Waals surface area contributed by atoms with Gasteiger partial charge in [-0.2, -0.15) is 5.10 Å². The van der Waals surface area contributed by atoms with E-state index in [1.807, 2.05) is 20.8 Å². The van der Waals surface area contributed by atoms with E-state index in [0.29, 0.717) is 37.1 Å². The minimum absolute atomic E-state index is 0.282. The van der Waals surface area contributed by atoms with Crippen molar-refractivity contribution >= 4 is 17.9 Å². The number of hydrazine groups is 1. The van der Waals surface area contributed by atoms with Gasteiger partial charge in [-0.05, 0) is 65.2 Å². The Morgan fingerprint density at radius 2 is 2.07 bits per heavy atom. The fourth-order valence-electron chi connectivity index (χ4n) is 4.08. The van der Waals surface area contributed by atoms with Crippen molar-refractivity contribution < 1.29 is 19.1 Å². The molecule has 9 nitrogen and oxygen atoms in total. The molecule has 9 heteroatoms. The number of rotatable bonds is 4. The third kappa shape index (κ3) is 6.35. The molecule has 2 rings (SSSR count). The van der Waals surface area contributed by atoms with Gasteiger partial charge in [0.25, 0.3) is 0 Å².